The van der Waals surface area contributed by atoms with Crippen molar-refractivity contribution < 1.29 is 4.79 Å². The van der Waals surface area contributed by atoms with Gasteiger partial charge in [-0.25, -0.2) is 9.98 Å². The van der Waals surface area contributed by atoms with Crippen molar-refractivity contribution in [3.63, 3.8) is 0 Å². The number of hydrogen-bond donors (Lipinski definition) is 4. The summed E-state index contributed by atoms with van der Waals surface area (Å²) in [4.78, 5) is 27.1. The molecule has 3 aromatic carbocycles. The van der Waals surface area contributed by atoms with E-state index in [4.69, 9.17) is 16.5 Å². The zero-order chi connectivity index (χ0) is 22.8. The molecule has 6 N–H and O–H groups in total. The van der Waals surface area contributed by atoms with Gasteiger partial charge in [-0.3, -0.25) is 4.79 Å². The number of hydrogen-bond acceptors (Lipinski definition) is 4. The number of amides is 1. The highest BCUT2D eigenvalue weighted by Gasteiger charge is 2.13. The lowest BCUT2D eigenvalue weighted by Gasteiger charge is -2.17. The van der Waals surface area contributed by atoms with Gasteiger partial charge in [-0.2, -0.15) is 0 Å². The van der Waals surface area contributed by atoms with Gasteiger partial charge in [-0.15, -0.1) is 0 Å². The van der Waals surface area contributed by atoms with Crippen LogP contribution in [0, 0.1) is 0 Å². The number of benzene rings is 3. The van der Waals surface area contributed by atoms with Gasteiger partial charge in [-0.1, -0.05) is 0 Å². The highest BCUT2D eigenvalue weighted by atomic mass is 16.1. The van der Waals surface area contributed by atoms with E-state index >= 15 is 0 Å². The Morgan fingerprint density at radius 2 is 1.70 bits per heavy atom. The molecule has 1 fully saturated rings. The summed E-state index contributed by atoms with van der Waals surface area (Å²) < 4.78 is 0. The van der Waals surface area contributed by atoms with Crippen LogP contribution in [0.25, 0.3) is 22.4 Å². The highest BCUT2D eigenvalue weighted by molar-refractivity contribution is 6.05. The predicted octanol–water partition coefficient (Wildman–Crippen LogP) is 3.99. The van der Waals surface area contributed by atoms with E-state index in [9.17, 15) is 4.79 Å². The van der Waals surface area contributed by atoms with E-state index < -0.39 is 0 Å². The van der Waals surface area contributed by atoms with Crippen LogP contribution in [0.1, 0.15) is 23.2 Å². The van der Waals surface area contributed by atoms with Crippen molar-refractivity contribution in [1.29, 1.82) is 0 Å². The molecule has 5 rings (SSSR count). The zero-order valence-corrected chi connectivity index (χ0v) is 18.1. The minimum absolute atomic E-state index is 0.0260. The van der Waals surface area contributed by atoms with Crippen LogP contribution in [-0.2, 0) is 0 Å². The van der Waals surface area contributed by atoms with Crippen molar-refractivity contribution in [1.82, 2.24) is 9.97 Å². The predicted molar refractivity (Wildman–Crippen MR) is 133 cm³/mol. The summed E-state index contributed by atoms with van der Waals surface area (Å²) in [5, 5.41) is 2.92. The summed E-state index contributed by atoms with van der Waals surface area (Å²) in [6.07, 6.45) is 2.51. The van der Waals surface area contributed by atoms with Crippen molar-refractivity contribution in [2.45, 2.75) is 12.8 Å². The number of carbonyl (C=O) groups excluding carboxylic acids is 1. The van der Waals surface area contributed by atoms with Gasteiger partial charge < -0.3 is 26.7 Å². The van der Waals surface area contributed by atoms with Crippen LogP contribution < -0.4 is 21.7 Å². The topological polar surface area (TPSA) is 125 Å². The number of guanidine groups is 1. The highest BCUT2D eigenvalue weighted by Crippen LogP contribution is 2.26. The van der Waals surface area contributed by atoms with Crippen molar-refractivity contribution in [2.75, 3.05) is 23.3 Å². The largest absolute Gasteiger partial charge is 0.372 e. The first-order chi connectivity index (χ1) is 16.0. The Morgan fingerprint density at radius 1 is 0.970 bits per heavy atom. The summed E-state index contributed by atoms with van der Waals surface area (Å²) in [6, 6.07) is 20.8. The summed E-state index contributed by atoms with van der Waals surface area (Å²) in [7, 11) is 0. The second-order valence-electron chi connectivity index (χ2n) is 8.10. The molecule has 0 radical (unpaired) electrons. The summed E-state index contributed by atoms with van der Waals surface area (Å²) in [6.45, 7) is 2.25. The Labute approximate surface area is 191 Å². The van der Waals surface area contributed by atoms with Crippen LogP contribution in [-0.4, -0.2) is 34.9 Å². The minimum Gasteiger partial charge on any atom is -0.372 e. The van der Waals surface area contributed by atoms with Crippen molar-refractivity contribution in [3.8, 4) is 11.4 Å². The van der Waals surface area contributed by atoms with E-state index in [-0.39, 0.29) is 11.9 Å². The van der Waals surface area contributed by atoms with Gasteiger partial charge in [0.05, 0.1) is 16.7 Å². The van der Waals surface area contributed by atoms with Crippen LogP contribution in [0.15, 0.2) is 71.7 Å². The molecule has 4 aromatic rings. The molecule has 0 unspecified atom stereocenters. The monoisotopic (exact) mass is 439 g/mol. The first kappa shape index (κ1) is 20.6. The fourth-order valence-electron chi connectivity index (χ4n) is 4.07. The van der Waals surface area contributed by atoms with E-state index in [1.54, 1.807) is 24.3 Å². The molecule has 1 aliphatic rings. The molecule has 33 heavy (non-hydrogen) atoms. The molecule has 1 amide bonds. The molecule has 0 aliphatic carbocycles. The third kappa shape index (κ3) is 4.50. The van der Waals surface area contributed by atoms with Gasteiger partial charge in [0.1, 0.15) is 5.82 Å². The molecular weight excluding hydrogens is 414 g/mol. The lowest BCUT2D eigenvalue weighted by atomic mass is 10.2. The summed E-state index contributed by atoms with van der Waals surface area (Å²) >= 11 is 0. The Bertz CT molecular complexity index is 1310. The molecule has 0 bridgehead atoms. The molecular formula is C25H25N7O. The van der Waals surface area contributed by atoms with Crippen molar-refractivity contribution in [2.24, 2.45) is 16.5 Å². The summed E-state index contributed by atoms with van der Waals surface area (Å²) in [5.74, 6) is 0.557. The van der Waals surface area contributed by atoms with Crippen molar-refractivity contribution in [3.05, 3.63) is 72.3 Å². The number of nitrogens with one attached hydrogen (secondary N) is 2. The molecule has 1 saturated heterocycles. The van der Waals surface area contributed by atoms with Crippen LogP contribution in [0.3, 0.4) is 0 Å². The number of aromatic nitrogens is 2. The number of imidazole rings is 1. The third-order valence-electron chi connectivity index (χ3n) is 5.74. The van der Waals surface area contributed by atoms with E-state index in [0.717, 1.165) is 35.5 Å². The second kappa shape index (κ2) is 8.66. The Balaban J connectivity index is 1.31. The van der Waals surface area contributed by atoms with Crippen LogP contribution >= 0.6 is 0 Å². The van der Waals surface area contributed by atoms with Gasteiger partial charge in [0.25, 0.3) is 5.91 Å². The number of H-pyrrole nitrogens is 1. The lowest BCUT2D eigenvalue weighted by molar-refractivity contribution is 0.102. The standard InChI is InChI=1S/C25H25N7O/c26-25(27)29-18-7-3-17(4-8-18)24(33)28-19-9-12-21-22(15-19)31-23(30-21)16-5-10-20(11-6-16)32-13-1-2-14-32/h3-12,15H,1-2,13-14H2,(H,28,33)(H,30,31)(H4,26,27,29). The quantitative estimate of drug-likeness (QED) is 0.276. The number of carbonyl (C=O) groups is 1. The molecule has 166 valence electrons. The maximum absolute atomic E-state index is 12.6. The molecule has 2 heterocycles. The number of fused-ring (bicyclic) bond motifs is 1. The van der Waals surface area contributed by atoms with E-state index in [1.807, 2.05) is 18.2 Å². The van der Waals surface area contributed by atoms with Gasteiger partial charge in [0.15, 0.2) is 5.96 Å². The van der Waals surface area contributed by atoms with Crippen LogP contribution in [0.5, 0.6) is 0 Å². The second-order valence-corrected chi connectivity index (χ2v) is 8.10. The Hall–Kier alpha value is -4.33. The zero-order valence-electron chi connectivity index (χ0n) is 18.1. The number of aromatic amines is 1. The first-order valence-corrected chi connectivity index (χ1v) is 10.9. The number of rotatable bonds is 5. The maximum Gasteiger partial charge on any atom is 0.255 e. The molecule has 8 heteroatoms. The molecule has 1 aromatic heterocycles. The van der Waals surface area contributed by atoms with Gasteiger partial charge in [0.2, 0.25) is 0 Å². The number of aliphatic imine (C=N–C) groups is 1. The van der Waals surface area contributed by atoms with E-state index in [0.29, 0.717) is 16.9 Å². The third-order valence-corrected chi connectivity index (χ3v) is 5.74. The average molecular weight is 440 g/mol. The lowest BCUT2D eigenvalue weighted by Crippen LogP contribution is -2.21. The maximum atomic E-state index is 12.6. The van der Waals surface area contributed by atoms with Crippen molar-refractivity contribution >= 4 is 40.0 Å². The Morgan fingerprint density at radius 3 is 2.39 bits per heavy atom. The molecule has 1 aliphatic heterocycles. The number of anilines is 2. The Kier molecular flexibility index (Phi) is 5.40. The molecule has 0 saturated carbocycles. The van der Waals surface area contributed by atoms with E-state index in [1.165, 1.54) is 18.5 Å². The number of nitrogens with two attached hydrogens (primary N) is 2. The van der Waals surface area contributed by atoms with Gasteiger partial charge in [-0.05, 0) is 79.6 Å². The van der Waals surface area contributed by atoms with Crippen LogP contribution in [0.2, 0.25) is 0 Å². The normalized spacial score (nSPS) is 13.3. The fourth-order valence-corrected chi connectivity index (χ4v) is 4.07. The smallest absolute Gasteiger partial charge is 0.255 e. The first-order valence-electron chi connectivity index (χ1n) is 10.9. The minimum atomic E-state index is -0.220. The SMILES string of the molecule is NC(N)=Nc1ccc(C(=O)Nc2ccc3nc(-c4ccc(N5CCCC5)cc4)[nH]c3c2)cc1. The van der Waals surface area contributed by atoms with Gasteiger partial charge >= 0.3 is 0 Å². The molecule has 0 spiro atoms. The van der Waals surface area contributed by atoms with Gasteiger partial charge in [0, 0.05) is 35.6 Å². The van der Waals surface area contributed by atoms with E-state index in [2.05, 4.69) is 44.5 Å². The summed E-state index contributed by atoms with van der Waals surface area (Å²) in [5.41, 5.74) is 16.5. The number of nitrogens with zero attached hydrogens (tertiary/aromatic N) is 3. The van der Waals surface area contributed by atoms with Crippen LogP contribution in [0.4, 0.5) is 17.1 Å². The fraction of sp³-hybridized carbons (Fsp3) is 0.160. The molecule has 0 atom stereocenters. The average Bonchev–Trinajstić information content (AvgIpc) is 3.49. The molecule has 8 nitrogen and oxygen atoms in total.